The van der Waals surface area contributed by atoms with Crippen LogP contribution >= 0.6 is 0 Å². The lowest BCUT2D eigenvalue weighted by Gasteiger charge is -2.32. The monoisotopic (exact) mass is 455 g/mol. The number of benzene rings is 2. The molecule has 33 heavy (non-hydrogen) atoms. The second-order valence-electron chi connectivity index (χ2n) is 8.39. The Morgan fingerprint density at radius 1 is 1.12 bits per heavy atom. The molecule has 174 valence electrons. The van der Waals surface area contributed by atoms with Gasteiger partial charge in [0.05, 0.1) is 11.3 Å². The van der Waals surface area contributed by atoms with Gasteiger partial charge in [-0.1, -0.05) is 11.2 Å². The SMILES string of the molecule is Cc1noc(C)c1COc1ccc(C(=O)NC2CCN(Cc3ccc(F)c(F)c3)CC2)cc1. The predicted molar refractivity (Wildman–Crippen MR) is 119 cm³/mol. The summed E-state index contributed by atoms with van der Waals surface area (Å²) >= 11 is 0. The third kappa shape index (κ3) is 5.76. The lowest BCUT2D eigenvalue weighted by atomic mass is 10.0. The number of hydrogen-bond acceptors (Lipinski definition) is 5. The van der Waals surface area contributed by atoms with Gasteiger partial charge in [0.25, 0.3) is 5.91 Å². The van der Waals surface area contributed by atoms with Crippen molar-refractivity contribution >= 4 is 5.91 Å². The van der Waals surface area contributed by atoms with E-state index in [9.17, 15) is 13.6 Å². The number of aryl methyl sites for hydroxylation is 2. The highest BCUT2D eigenvalue weighted by Crippen LogP contribution is 2.19. The van der Waals surface area contributed by atoms with Crippen molar-refractivity contribution in [2.75, 3.05) is 13.1 Å². The Bertz CT molecular complexity index is 1090. The summed E-state index contributed by atoms with van der Waals surface area (Å²) in [6.07, 6.45) is 1.60. The highest BCUT2D eigenvalue weighted by atomic mass is 19.2. The van der Waals surface area contributed by atoms with E-state index in [4.69, 9.17) is 9.26 Å². The molecule has 1 fully saturated rings. The molecule has 1 aliphatic rings. The molecule has 0 atom stereocenters. The molecule has 1 amide bonds. The number of nitrogens with zero attached hydrogens (tertiary/aromatic N) is 2. The van der Waals surface area contributed by atoms with Gasteiger partial charge < -0.3 is 14.6 Å². The number of halogens is 2. The predicted octanol–water partition coefficient (Wildman–Crippen LogP) is 4.54. The minimum absolute atomic E-state index is 0.0779. The van der Waals surface area contributed by atoms with Gasteiger partial charge in [0.15, 0.2) is 11.6 Å². The van der Waals surface area contributed by atoms with Crippen molar-refractivity contribution in [2.45, 2.75) is 45.9 Å². The van der Waals surface area contributed by atoms with Gasteiger partial charge in [0.1, 0.15) is 18.1 Å². The van der Waals surface area contributed by atoms with Crippen molar-refractivity contribution in [1.29, 1.82) is 0 Å². The van der Waals surface area contributed by atoms with Crippen molar-refractivity contribution < 1.29 is 22.8 Å². The Labute approximate surface area is 191 Å². The zero-order valence-electron chi connectivity index (χ0n) is 18.7. The standard InChI is InChI=1S/C25H27F2N3O3/c1-16-22(17(2)33-29-16)15-32-21-6-4-19(5-7-21)25(31)28-20-9-11-30(12-10-20)14-18-3-8-23(26)24(27)13-18/h3-8,13,20H,9-12,14-15H2,1-2H3,(H,28,31). The number of carbonyl (C=O) groups excluding carboxylic acids is 1. The molecular weight excluding hydrogens is 428 g/mol. The number of ether oxygens (including phenoxy) is 1. The van der Waals surface area contributed by atoms with Crippen molar-refractivity contribution in [3.63, 3.8) is 0 Å². The van der Waals surface area contributed by atoms with Crippen LogP contribution in [0.2, 0.25) is 0 Å². The number of nitrogens with one attached hydrogen (secondary N) is 1. The van der Waals surface area contributed by atoms with Crippen LogP contribution in [0.4, 0.5) is 8.78 Å². The molecule has 6 nitrogen and oxygen atoms in total. The Morgan fingerprint density at radius 2 is 1.85 bits per heavy atom. The largest absolute Gasteiger partial charge is 0.489 e. The van der Waals surface area contributed by atoms with Crippen LogP contribution in [0.1, 0.15) is 45.8 Å². The quantitative estimate of drug-likeness (QED) is 0.567. The fourth-order valence-electron chi connectivity index (χ4n) is 3.97. The molecule has 0 saturated carbocycles. The minimum atomic E-state index is -0.833. The van der Waals surface area contributed by atoms with Gasteiger partial charge in [-0.25, -0.2) is 8.78 Å². The Hall–Kier alpha value is -3.26. The van der Waals surface area contributed by atoms with Crippen molar-refractivity contribution in [2.24, 2.45) is 0 Å². The molecule has 3 aromatic rings. The first-order chi connectivity index (χ1) is 15.9. The maximum absolute atomic E-state index is 13.4. The molecule has 2 heterocycles. The summed E-state index contributed by atoms with van der Waals surface area (Å²) in [5, 5.41) is 7.00. The number of piperidine rings is 1. The molecule has 1 N–H and O–H groups in total. The third-order valence-corrected chi connectivity index (χ3v) is 5.99. The Kier molecular flexibility index (Phi) is 7.03. The summed E-state index contributed by atoms with van der Waals surface area (Å²) in [6, 6.07) is 11.1. The number of aromatic nitrogens is 1. The molecular formula is C25H27F2N3O3. The summed E-state index contributed by atoms with van der Waals surface area (Å²) < 4.78 is 37.4. The molecule has 0 bridgehead atoms. The number of carbonyl (C=O) groups is 1. The molecule has 4 rings (SSSR count). The van der Waals surface area contributed by atoms with Crippen LogP contribution in [0.15, 0.2) is 47.0 Å². The zero-order valence-corrected chi connectivity index (χ0v) is 18.7. The smallest absolute Gasteiger partial charge is 0.251 e. The average molecular weight is 456 g/mol. The lowest BCUT2D eigenvalue weighted by molar-refractivity contribution is 0.0909. The Morgan fingerprint density at radius 3 is 2.48 bits per heavy atom. The van der Waals surface area contributed by atoms with Crippen LogP contribution in [-0.2, 0) is 13.2 Å². The second kappa shape index (κ2) is 10.1. The fourth-order valence-corrected chi connectivity index (χ4v) is 3.97. The number of rotatable bonds is 7. The topological polar surface area (TPSA) is 67.6 Å². The fraction of sp³-hybridized carbons (Fsp3) is 0.360. The maximum atomic E-state index is 13.4. The molecule has 0 unspecified atom stereocenters. The van der Waals surface area contributed by atoms with Gasteiger partial charge in [0.2, 0.25) is 0 Å². The summed E-state index contributed by atoms with van der Waals surface area (Å²) in [7, 11) is 0. The van der Waals surface area contributed by atoms with Crippen molar-refractivity contribution in [3.8, 4) is 5.75 Å². The summed E-state index contributed by atoms with van der Waals surface area (Å²) in [5.74, 6) is -0.377. The number of hydrogen-bond donors (Lipinski definition) is 1. The highest BCUT2D eigenvalue weighted by Gasteiger charge is 2.21. The molecule has 1 aliphatic heterocycles. The van der Waals surface area contributed by atoms with E-state index in [0.29, 0.717) is 24.5 Å². The second-order valence-corrected chi connectivity index (χ2v) is 8.39. The average Bonchev–Trinajstić information content (AvgIpc) is 3.13. The number of likely N-dealkylation sites (tertiary alicyclic amines) is 1. The van der Waals surface area contributed by atoms with E-state index in [-0.39, 0.29) is 11.9 Å². The molecule has 0 spiro atoms. The van der Waals surface area contributed by atoms with Crippen molar-refractivity contribution in [3.05, 3.63) is 82.2 Å². The first kappa shape index (κ1) is 22.9. The summed E-state index contributed by atoms with van der Waals surface area (Å²) in [6.45, 7) is 6.19. The molecule has 1 saturated heterocycles. The Balaban J connectivity index is 1.23. The van der Waals surface area contributed by atoms with Crippen LogP contribution in [0.5, 0.6) is 5.75 Å². The van der Waals surface area contributed by atoms with E-state index >= 15 is 0 Å². The zero-order chi connectivity index (χ0) is 23.4. The highest BCUT2D eigenvalue weighted by molar-refractivity contribution is 5.94. The van der Waals surface area contributed by atoms with E-state index in [1.807, 2.05) is 13.8 Å². The van der Waals surface area contributed by atoms with Gasteiger partial charge in [-0.05, 0) is 68.7 Å². The van der Waals surface area contributed by atoms with E-state index in [1.165, 1.54) is 6.07 Å². The lowest BCUT2D eigenvalue weighted by Crippen LogP contribution is -2.44. The van der Waals surface area contributed by atoms with Gasteiger partial charge in [-0.2, -0.15) is 0 Å². The molecule has 8 heteroatoms. The molecule has 1 aromatic heterocycles. The van der Waals surface area contributed by atoms with Crippen molar-refractivity contribution in [1.82, 2.24) is 15.4 Å². The van der Waals surface area contributed by atoms with E-state index < -0.39 is 11.6 Å². The first-order valence-corrected chi connectivity index (χ1v) is 11.0. The van der Waals surface area contributed by atoms with E-state index in [0.717, 1.165) is 54.6 Å². The molecule has 0 radical (unpaired) electrons. The summed E-state index contributed by atoms with van der Waals surface area (Å²) in [4.78, 5) is 14.8. The van der Waals surface area contributed by atoms with Crippen LogP contribution in [0, 0.1) is 25.5 Å². The van der Waals surface area contributed by atoms with Crippen LogP contribution in [-0.4, -0.2) is 35.1 Å². The van der Waals surface area contributed by atoms with Gasteiger partial charge in [-0.15, -0.1) is 0 Å². The summed E-state index contributed by atoms with van der Waals surface area (Å²) in [5.41, 5.74) is 3.05. The normalized spacial score (nSPS) is 14.9. The maximum Gasteiger partial charge on any atom is 0.251 e. The van der Waals surface area contributed by atoms with E-state index in [2.05, 4.69) is 15.4 Å². The van der Waals surface area contributed by atoms with Gasteiger partial charge >= 0.3 is 0 Å². The molecule has 0 aliphatic carbocycles. The van der Waals surface area contributed by atoms with Gasteiger partial charge in [-0.3, -0.25) is 9.69 Å². The minimum Gasteiger partial charge on any atom is -0.489 e. The number of amides is 1. The van der Waals surface area contributed by atoms with Gasteiger partial charge in [0, 0.05) is 31.2 Å². The first-order valence-electron chi connectivity index (χ1n) is 11.0. The van der Waals surface area contributed by atoms with E-state index in [1.54, 1.807) is 30.3 Å². The third-order valence-electron chi connectivity index (χ3n) is 5.99. The van der Waals surface area contributed by atoms with Crippen LogP contribution < -0.4 is 10.1 Å². The van der Waals surface area contributed by atoms with Crippen LogP contribution in [0.3, 0.4) is 0 Å². The molecule has 2 aromatic carbocycles. The van der Waals surface area contributed by atoms with Crippen LogP contribution in [0.25, 0.3) is 0 Å².